The standard InChI is InChI=1S/C19H25N3O2S.ClH/c1-14(20-2)13-21-19(24)15-6-3-7-16(12-15)22-18(23)10-4-8-17-9-5-11-25-17;/h3,5-7,9,11-12,14,20H,4,8,10,13H2,1-2H3,(H,21,24)(H,22,23);1H. The second-order valence-electron chi connectivity index (χ2n) is 5.96. The molecule has 1 aromatic carbocycles. The van der Waals surface area contributed by atoms with E-state index in [9.17, 15) is 9.59 Å². The highest BCUT2D eigenvalue weighted by atomic mass is 35.5. The smallest absolute Gasteiger partial charge is 0.251 e. The number of carbonyl (C=O) groups is 2. The van der Waals surface area contributed by atoms with Crippen molar-refractivity contribution in [2.75, 3.05) is 18.9 Å². The number of amides is 2. The fourth-order valence-electron chi connectivity index (χ4n) is 2.29. The van der Waals surface area contributed by atoms with Crippen LogP contribution in [-0.4, -0.2) is 31.4 Å². The highest BCUT2D eigenvalue weighted by Crippen LogP contribution is 2.14. The van der Waals surface area contributed by atoms with Crippen LogP contribution in [0.5, 0.6) is 0 Å². The first-order valence-electron chi connectivity index (χ1n) is 8.46. The Kier molecular flexibility index (Phi) is 9.95. The SMILES string of the molecule is CNC(C)CNC(=O)c1cccc(NC(=O)CCCc2cccs2)c1.Cl. The lowest BCUT2D eigenvalue weighted by atomic mass is 10.1. The van der Waals surface area contributed by atoms with E-state index in [1.165, 1.54) is 4.88 Å². The number of thiophene rings is 1. The average Bonchev–Trinajstić information content (AvgIpc) is 3.13. The number of halogens is 1. The van der Waals surface area contributed by atoms with Crippen molar-refractivity contribution in [3.8, 4) is 0 Å². The van der Waals surface area contributed by atoms with Crippen molar-refractivity contribution in [3.63, 3.8) is 0 Å². The molecule has 142 valence electrons. The number of carbonyl (C=O) groups excluding carboxylic acids is 2. The predicted octanol–water partition coefficient (Wildman–Crippen LogP) is 3.47. The lowest BCUT2D eigenvalue weighted by molar-refractivity contribution is -0.116. The maximum Gasteiger partial charge on any atom is 0.251 e. The lowest BCUT2D eigenvalue weighted by Gasteiger charge is -2.12. The Labute approximate surface area is 165 Å². The molecule has 0 spiro atoms. The number of likely N-dealkylation sites (N-methyl/N-ethyl adjacent to an activating group) is 1. The number of hydrogen-bond acceptors (Lipinski definition) is 4. The Balaban J connectivity index is 0.00000338. The topological polar surface area (TPSA) is 70.2 Å². The minimum absolute atomic E-state index is 0. The van der Waals surface area contributed by atoms with Gasteiger partial charge in [-0.15, -0.1) is 23.7 Å². The summed E-state index contributed by atoms with van der Waals surface area (Å²) in [7, 11) is 1.85. The highest BCUT2D eigenvalue weighted by molar-refractivity contribution is 7.09. The summed E-state index contributed by atoms with van der Waals surface area (Å²) in [6, 6.07) is 11.3. The number of hydrogen-bond donors (Lipinski definition) is 3. The van der Waals surface area contributed by atoms with Crippen LogP contribution >= 0.6 is 23.7 Å². The normalized spacial score (nSPS) is 11.3. The number of anilines is 1. The van der Waals surface area contributed by atoms with Crippen molar-refractivity contribution in [2.24, 2.45) is 0 Å². The molecule has 0 fully saturated rings. The monoisotopic (exact) mass is 395 g/mol. The van der Waals surface area contributed by atoms with Gasteiger partial charge in [0.2, 0.25) is 5.91 Å². The second-order valence-corrected chi connectivity index (χ2v) is 6.99. The van der Waals surface area contributed by atoms with Crippen molar-refractivity contribution in [1.82, 2.24) is 10.6 Å². The molecule has 2 rings (SSSR count). The van der Waals surface area contributed by atoms with E-state index in [0.717, 1.165) is 12.8 Å². The first-order chi connectivity index (χ1) is 12.1. The van der Waals surface area contributed by atoms with Crippen molar-refractivity contribution < 1.29 is 9.59 Å². The molecular formula is C19H26ClN3O2S. The van der Waals surface area contributed by atoms with E-state index in [1.807, 2.05) is 25.4 Å². The zero-order valence-electron chi connectivity index (χ0n) is 15.1. The number of nitrogens with one attached hydrogen (secondary N) is 3. The van der Waals surface area contributed by atoms with Crippen LogP contribution in [0.25, 0.3) is 0 Å². The fraction of sp³-hybridized carbons (Fsp3) is 0.368. The van der Waals surface area contributed by atoms with Crippen molar-refractivity contribution >= 4 is 41.2 Å². The minimum atomic E-state index is -0.143. The molecule has 3 N–H and O–H groups in total. The molecule has 2 amide bonds. The van der Waals surface area contributed by atoms with E-state index in [1.54, 1.807) is 35.6 Å². The van der Waals surface area contributed by atoms with Crippen LogP contribution in [0.3, 0.4) is 0 Å². The number of rotatable bonds is 9. The molecule has 0 radical (unpaired) electrons. The summed E-state index contributed by atoms with van der Waals surface area (Å²) in [6.07, 6.45) is 2.19. The highest BCUT2D eigenvalue weighted by Gasteiger charge is 2.09. The fourth-order valence-corrected chi connectivity index (χ4v) is 3.04. The molecule has 0 aliphatic carbocycles. The summed E-state index contributed by atoms with van der Waals surface area (Å²) < 4.78 is 0. The molecule has 0 bridgehead atoms. The van der Waals surface area contributed by atoms with Crippen LogP contribution < -0.4 is 16.0 Å². The zero-order valence-corrected chi connectivity index (χ0v) is 16.7. The Hall–Kier alpha value is -1.89. The maximum absolute atomic E-state index is 12.2. The molecule has 0 aliphatic rings. The molecule has 5 nitrogen and oxygen atoms in total. The largest absolute Gasteiger partial charge is 0.350 e. The Bertz CT molecular complexity index is 692. The van der Waals surface area contributed by atoms with Gasteiger partial charge in [0.05, 0.1) is 0 Å². The van der Waals surface area contributed by atoms with Gasteiger partial charge in [-0.1, -0.05) is 12.1 Å². The number of aryl methyl sites for hydroxylation is 1. The molecule has 0 saturated heterocycles. The van der Waals surface area contributed by atoms with Gasteiger partial charge in [-0.25, -0.2) is 0 Å². The molecule has 7 heteroatoms. The molecule has 1 heterocycles. The van der Waals surface area contributed by atoms with E-state index in [0.29, 0.717) is 24.2 Å². The van der Waals surface area contributed by atoms with E-state index >= 15 is 0 Å². The van der Waals surface area contributed by atoms with Gasteiger partial charge < -0.3 is 16.0 Å². The molecule has 1 unspecified atom stereocenters. The van der Waals surface area contributed by atoms with Gasteiger partial charge in [0.1, 0.15) is 0 Å². The third-order valence-corrected chi connectivity index (χ3v) is 4.81. The van der Waals surface area contributed by atoms with Gasteiger partial charge in [-0.05, 0) is 56.5 Å². The summed E-state index contributed by atoms with van der Waals surface area (Å²) in [5.41, 5.74) is 1.19. The van der Waals surface area contributed by atoms with Crippen molar-refractivity contribution in [1.29, 1.82) is 0 Å². The average molecular weight is 396 g/mol. The Morgan fingerprint density at radius 1 is 1.19 bits per heavy atom. The van der Waals surface area contributed by atoms with Crippen molar-refractivity contribution in [3.05, 3.63) is 52.2 Å². The van der Waals surface area contributed by atoms with Crippen LogP contribution in [0.2, 0.25) is 0 Å². The van der Waals surface area contributed by atoms with Gasteiger partial charge >= 0.3 is 0 Å². The van der Waals surface area contributed by atoms with E-state index in [4.69, 9.17) is 0 Å². The molecule has 0 aliphatic heterocycles. The van der Waals surface area contributed by atoms with Gasteiger partial charge in [0, 0.05) is 35.1 Å². The van der Waals surface area contributed by atoms with Crippen LogP contribution in [0.1, 0.15) is 35.0 Å². The maximum atomic E-state index is 12.2. The quantitative estimate of drug-likeness (QED) is 0.608. The molecule has 26 heavy (non-hydrogen) atoms. The number of benzene rings is 1. The Morgan fingerprint density at radius 2 is 2.00 bits per heavy atom. The lowest BCUT2D eigenvalue weighted by Crippen LogP contribution is -2.37. The van der Waals surface area contributed by atoms with E-state index < -0.39 is 0 Å². The van der Waals surface area contributed by atoms with Gasteiger partial charge in [0.15, 0.2) is 0 Å². The zero-order chi connectivity index (χ0) is 18.1. The molecule has 0 saturated carbocycles. The third kappa shape index (κ3) is 7.56. The summed E-state index contributed by atoms with van der Waals surface area (Å²) in [6.45, 7) is 2.54. The van der Waals surface area contributed by atoms with Crippen LogP contribution in [-0.2, 0) is 11.2 Å². The first kappa shape index (κ1) is 22.2. The van der Waals surface area contributed by atoms with E-state index in [-0.39, 0.29) is 30.3 Å². The van der Waals surface area contributed by atoms with Crippen LogP contribution in [0, 0.1) is 0 Å². The van der Waals surface area contributed by atoms with Gasteiger partial charge in [-0.2, -0.15) is 0 Å². The summed E-state index contributed by atoms with van der Waals surface area (Å²) >= 11 is 1.71. The summed E-state index contributed by atoms with van der Waals surface area (Å²) in [5.74, 6) is -0.172. The first-order valence-corrected chi connectivity index (χ1v) is 9.34. The predicted molar refractivity (Wildman–Crippen MR) is 110 cm³/mol. The van der Waals surface area contributed by atoms with E-state index in [2.05, 4.69) is 22.0 Å². The molecule has 1 aromatic heterocycles. The summed E-state index contributed by atoms with van der Waals surface area (Å²) in [4.78, 5) is 25.5. The summed E-state index contributed by atoms with van der Waals surface area (Å²) in [5, 5.41) is 10.8. The minimum Gasteiger partial charge on any atom is -0.350 e. The molecule has 1 atom stereocenters. The second kappa shape index (κ2) is 11.7. The van der Waals surface area contributed by atoms with Gasteiger partial charge in [-0.3, -0.25) is 9.59 Å². The van der Waals surface area contributed by atoms with Crippen LogP contribution in [0.4, 0.5) is 5.69 Å². The third-order valence-electron chi connectivity index (χ3n) is 3.88. The Morgan fingerprint density at radius 3 is 2.69 bits per heavy atom. The molecule has 2 aromatic rings. The molecular weight excluding hydrogens is 370 g/mol. The van der Waals surface area contributed by atoms with Crippen LogP contribution in [0.15, 0.2) is 41.8 Å². The van der Waals surface area contributed by atoms with Gasteiger partial charge in [0.25, 0.3) is 5.91 Å². The van der Waals surface area contributed by atoms with Crippen molar-refractivity contribution in [2.45, 2.75) is 32.2 Å².